The average molecular weight is 269 g/mol. The van der Waals surface area contributed by atoms with Gasteiger partial charge in [-0.25, -0.2) is 9.50 Å². The maximum absolute atomic E-state index is 4.65. The van der Waals surface area contributed by atoms with E-state index in [9.17, 15) is 0 Å². The van der Waals surface area contributed by atoms with Crippen molar-refractivity contribution in [3.05, 3.63) is 48.3 Å². The van der Waals surface area contributed by atoms with Crippen LogP contribution in [0.4, 0.5) is 0 Å². The minimum Gasteiger partial charge on any atom is -0.246 e. The van der Waals surface area contributed by atoms with E-state index in [1.54, 1.807) is 18.0 Å². The van der Waals surface area contributed by atoms with Crippen LogP contribution in [0, 0.1) is 6.92 Å². The van der Waals surface area contributed by atoms with Gasteiger partial charge in [0.1, 0.15) is 5.03 Å². The standard InChI is InChI=1S/C15H15N3S/c1-3-19-15-14-10-13(17-18(14)9-8-16-15)12-7-5-4-6-11(12)2/h4-10H,3H2,1-2H3. The monoisotopic (exact) mass is 269 g/mol. The summed E-state index contributed by atoms with van der Waals surface area (Å²) in [7, 11) is 0. The van der Waals surface area contributed by atoms with Crippen LogP contribution in [-0.2, 0) is 0 Å². The van der Waals surface area contributed by atoms with Crippen molar-refractivity contribution in [3.63, 3.8) is 0 Å². The third-order valence-electron chi connectivity index (χ3n) is 3.06. The fourth-order valence-corrected chi connectivity index (χ4v) is 2.85. The lowest BCUT2D eigenvalue weighted by Crippen LogP contribution is -1.91. The van der Waals surface area contributed by atoms with Gasteiger partial charge in [-0.15, -0.1) is 11.8 Å². The Balaban J connectivity index is 2.17. The van der Waals surface area contributed by atoms with Crippen molar-refractivity contribution in [2.75, 3.05) is 5.75 Å². The molecule has 0 aliphatic heterocycles. The van der Waals surface area contributed by atoms with Gasteiger partial charge in [0.2, 0.25) is 0 Å². The molecule has 2 aromatic heterocycles. The molecule has 3 nitrogen and oxygen atoms in total. The summed E-state index contributed by atoms with van der Waals surface area (Å²) in [6.45, 7) is 4.24. The molecule has 0 amide bonds. The summed E-state index contributed by atoms with van der Waals surface area (Å²) in [4.78, 5) is 4.43. The molecule has 3 rings (SSSR count). The van der Waals surface area contributed by atoms with Gasteiger partial charge in [-0.2, -0.15) is 5.10 Å². The fourth-order valence-electron chi connectivity index (χ4n) is 2.14. The molecule has 0 radical (unpaired) electrons. The van der Waals surface area contributed by atoms with Gasteiger partial charge < -0.3 is 0 Å². The smallest absolute Gasteiger partial charge is 0.122 e. The van der Waals surface area contributed by atoms with Gasteiger partial charge in [0.25, 0.3) is 0 Å². The lowest BCUT2D eigenvalue weighted by atomic mass is 10.1. The molecule has 0 atom stereocenters. The Morgan fingerprint density at radius 1 is 1.26 bits per heavy atom. The van der Waals surface area contributed by atoms with Crippen LogP contribution < -0.4 is 0 Å². The lowest BCUT2D eigenvalue weighted by Gasteiger charge is -1.99. The first-order valence-electron chi connectivity index (χ1n) is 6.33. The fraction of sp³-hybridized carbons (Fsp3) is 0.200. The molecule has 0 aliphatic rings. The van der Waals surface area contributed by atoms with Crippen LogP contribution in [-0.4, -0.2) is 20.4 Å². The van der Waals surface area contributed by atoms with Gasteiger partial charge in [-0.1, -0.05) is 31.2 Å². The second-order valence-corrected chi connectivity index (χ2v) is 5.59. The molecule has 0 saturated heterocycles. The highest BCUT2D eigenvalue weighted by Gasteiger charge is 2.10. The van der Waals surface area contributed by atoms with Gasteiger partial charge in [0.05, 0.1) is 11.2 Å². The number of benzene rings is 1. The predicted octanol–water partition coefficient (Wildman–Crippen LogP) is 3.82. The number of aromatic nitrogens is 3. The molecule has 2 heterocycles. The second kappa shape index (κ2) is 5.05. The Bertz CT molecular complexity index is 718. The van der Waals surface area contributed by atoms with E-state index >= 15 is 0 Å². The minimum atomic E-state index is 1.00. The molecule has 0 saturated carbocycles. The SMILES string of the molecule is CCSc1nccn2nc(-c3ccccc3C)cc12. The van der Waals surface area contributed by atoms with E-state index < -0.39 is 0 Å². The second-order valence-electron chi connectivity index (χ2n) is 4.34. The lowest BCUT2D eigenvalue weighted by molar-refractivity contribution is 0.920. The Kier molecular flexibility index (Phi) is 3.25. The van der Waals surface area contributed by atoms with Crippen LogP contribution in [0.1, 0.15) is 12.5 Å². The van der Waals surface area contributed by atoms with Crippen LogP contribution >= 0.6 is 11.8 Å². The van der Waals surface area contributed by atoms with Crippen LogP contribution in [0.3, 0.4) is 0 Å². The first-order valence-corrected chi connectivity index (χ1v) is 7.31. The molecule has 19 heavy (non-hydrogen) atoms. The summed E-state index contributed by atoms with van der Waals surface area (Å²) >= 11 is 1.75. The van der Waals surface area contributed by atoms with Crippen molar-refractivity contribution in [1.29, 1.82) is 0 Å². The molecule has 4 heteroatoms. The van der Waals surface area contributed by atoms with E-state index in [0.717, 1.165) is 22.0 Å². The summed E-state index contributed by atoms with van der Waals surface area (Å²) in [6, 6.07) is 10.4. The molecule has 0 unspecified atom stereocenters. The molecule has 0 N–H and O–H groups in total. The molecule has 0 aliphatic carbocycles. The first-order chi connectivity index (χ1) is 9.29. The topological polar surface area (TPSA) is 30.2 Å². The number of hydrogen-bond acceptors (Lipinski definition) is 3. The highest BCUT2D eigenvalue weighted by Crippen LogP contribution is 2.27. The Labute approximate surface area is 116 Å². The number of thioether (sulfide) groups is 1. The summed E-state index contributed by atoms with van der Waals surface area (Å²) in [5, 5.41) is 5.69. The third-order valence-corrected chi connectivity index (χ3v) is 3.93. The van der Waals surface area contributed by atoms with E-state index in [1.807, 2.05) is 16.8 Å². The summed E-state index contributed by atoms with van der Waals surface area (Å²) in [5.41, 5.74) is 4.50. The summed E-state index contributed by atoms with van der Waals surface area (Å²) < 4.78 is 1.91. The Morgan fingerprint density at radius 3 is 2.89 bits per heavy atom. The zero-order valence-electron chi connectivity index (χ0n) is 11.0. The number of aryl methyl sites for hydroxylation is 1. The average Bonchev–Trinajstić information content (AvgIpc) is 2.84. The maximum atomic E-state index is 4.65. The third kappa shape index (κ3) is 2.24. The van der Waals surface area contributed by atoms with Gasteiger partial charge >= 0.3 is 0 Å². The Hall–Kier alpha value is -1.81. The quantitative estimate of drug-likeness (QED) is 0.677. The normalized spacial score (nSPS) is 11.1. The van der Waals surface area contributed by atoms with Crippen molar-refractivity contribution in [2.45, 2.75) is 18.9 Å². The zero-order valence-corrected chi connectivity index (χ0v) is 11.8. The summed E-state index contributed by atoms with van der Waals surface area (Å²) in [6.07, 6.45) is 3.70. The molecule has 0 bridgehead atoms. The molecular formula is C15H15N3S. The minimum absolute atomic E-state index is 1.00. The largest absolute Gasteiger partial charge is 0.246 e. The number of hydrogen-bond donors (Lipinski definition) is 0. The molecule has 0 fully saturated rings. The number of fused-ring (bicyclic) bond motifs is 1. The van der Waals surface area contributed by atoms with Crippen LogP contribution in [0.25, 0.3) is 16.8 Å². The van der Waals surface area contributed by atoms with Crippen molar-refractivity contribution < 1.29 is 0 Å². The van der Waals surface area contributed by atoms with Crippen molar-refractivity contribution >= 4 is 17.3 Å². The van der Waals surface area contributed by atoms with Crippen LogP contribution in [0.15, 0.2) is 47.8 Å². The van der Waals surface area contributed by atoms with Crippen molar-refractivity contribution in [1.82, 2.24) is 14.6 Å². The molecule has 3 aromatic rings. The van der Waals surface area contributed by atoms with Gasteiger partial charge in [0.15, 0.2) is 0 Å². The van der Waals surface area contributed by atoms with Crippen LogP contribution in [0.5, 0.6) is 0 Å². The zero-order chi connectivity index (χ0) is 13.2. The number of nitrogens with zero attached hydrogens (tertiary/aromatic N) is 3. The molecule has 1 aromatic carbocycles. The maximum Gasteiger partial charge on any atom is 0.122 e. The van der Waals surface area contributed by atoms with E-state index in [0.29, 0.717) is 0 Å². The van der Waals surface area contributed by atoms with Gasteiger partial charge in [-0.05, 0) is 24.3 Å². The first kappa shape index (κ1) is 12.2. The highest BCUT2D eigenvalue weighted by atomic mass is 32.2. The molecular weight excluding hydrogens is 254 g/mol. The van der Waals surface area contributed by atoms with Crippen molar-refractivity contribution in [3.8, 4) is 11.3 Å². The number of rotatable bonds is 3. The van der Waals surface area contributed by atoms with E-state index in [2.05, 4.69) is 48.2 Å². The van der Waals surface area contributed by atoms with E-state index in [-0.39, 0.29) is 0 Å². The van der Waals surface area contributed by atoms with Crippen molar-refractivity contribution in [2.24, 2.45) is 0 Å². The van der Waals surface area contributed by atoms with Crippen LogP contribution in [0.2, 0.25) is 0 Å². The summed E-state index contributed by atoms with van der Waals surface area (Å²) in [5.74, 6) is 1.01. The Morgan fingerprint density at radius 2 is 2.11 bits per heavy atom. The highest BCUT2D eigenvalue weighted by molar-refractivity contribution is 7.99. The predicted molar refractivity (Wildman–Crippen MR) is 79.6 cm³/mol. The van der Waals surface area contributed by atoms with Gasteiger partial charge in [0, 0.05) is 18.0 Å². The molecule has 0 spiro atoms. The van der Waals surface area contributed by atoms with E-state index in [4.69, 9.17) is 0 Å². The van der Waals surface area contributed by atoms with Gasteiger partial charge in [-0.3, -0.25) is 0 Å². The van der Waals surface area contributed by atoms with E-state index in [1.165, 1.54) is 11.1 Å². The molecule has 96 valence electrons.